The molecule has 0 spiro atoms. The summed E-state index contributed by atoms with van der Waals surface area (Å²) in [5.41, 5.74) is 0.490. The molecule has 1 aromatic rings. The molecule has 6 nitrogen and oxygen atoms in total. The first-order valence-corrected chi connectivity index (χ1v) is 8.43. The number of carbonyl (C=O) groups is 1. The molecule has 1 amide bonds. The first-order chi connectivity index (χ1) is 10.4. The predicted molar refractivity (Wildman–Crippen MR) is 85.1 cm³/mol. The molecule has 0 saturated heterocycles. The summed E-state index contributed by atoms with van der Waals surface area (Å²) in [4.78, 5) is 16.7. The SMILES string of the molecule is C=CCNC(=O)[C@@H](N=C1NS(=O)(=O)c2ccccc21)C(C)C. The molecule has 0 aromatic heterocycles. The summed E-state index contributed by atoms with van der Waals surface area (Å²) < 4.78 is 26.5. The summed E-state index contributed by atoms with van der Waals surface area (Å²) in [5.74, 6) is -0.122. The number of sulfonamides is 1. The van der Waals surface area contributed by atoms with Crippen molar-refractivity contribution in [2.75, 3.05) is 6.54 Å². The number of benzene rings is 1. The molecule has 2 rings (SSSR count). The topological polar surface area (TPSA) is 87.6 Å². The maximum atomic E-state index is 12.2. The van der Waals surface area contributed by atoms with E-state index >= 15 is 0 Å². The van der Waals surface area contributed by atoms with Gasteiger partial charge < -0.3 is 5.32 Å². The second-order valence-corrected chi connectivity index (χ2v) is 6.95. The van der Waals surface area contributed by atoms with Crippen LogP contribution in [0.2, 0.25) is 0 Å². The standard InChI is InChI=1S/C15H19N3O3S/c1-4-9-16-15(19)13(10(2)3)17-14-11-7-5-6-8-12(11)22(20,21)18-14/h4-8,10,13H,1,9H2,2-3H3,(H,16,19)(H,17,18)/t13-/m0/s1. The molecule has 22 heavy (non-hydrogen) atoms. The van der Waals surface area contributed by atoms with Crippen molar-refractivity contribution in [3.8, 4) is 0 Å². The molecule has 0 bridgehead atoms. The van der Waals surface area contributed by atoms with Crippen molar-refractivity contribution in [2.24, 2.45) is 10.9 Å². The molecule has 0 radical (unpaired) electrons. The van der Waals surface area contributed by atoms with E-state index in [9.17, 15) is 13.2 Å². The van der Waals surface area contributed by atoms with Gasteiger partial charge in [-0.15, -0.1) is 6.58 Å². The van der Waals surface area contributed by atoms with E-state index < -0.39 is 16.1 Å². The van der Waals surface area contributed by atoms with Crippen LogP contribution in [-0.2, 0) is 14.8 Å². The molecular formula is C15H19N3O3S. The van der Waals surface area contributed by atoms with Crippen LogP contribution in [0.15, 0.2) is 46.8 Å². The second-order valence-electron chi connectivity index (χ2n) is 5.30. The van der Waals surface area contributed by atoms with Crippen LogP contribution in [-0.4, -0.2) is 32.7 Å². The van der Waals surface area contributed by atoms with Gasteiger partial charge in [-0.1, -0.05) is 32.1 Å². The average molecular weight is 321 g/mol. The number of amides is 1. The summed E-state index contributed by atoms with van der Waals surface area (Å²) in [5, 5.41) is 2.69. The molecule has 1 heterocycles. The molecular weight excluding hydrogens is 302 g/mol. The summed E-state index contributed by atoms with van der Waals surface area (Å²) in [7, 11) is -3.60. The van der Waals surface area contributed by atoms with Crippen molar-refractivity contribution in [1.82, 2.24) is 10.0 Å². The van der Waals surface area contributed by atoms with Gasteiger partial charge in [-0.3, -0.25) is 14.5 Å². The normalized spacial score (nSPS) is 18.6. The fraction of sp³-hybridized carbons (Fsp3) is 0.333. The zero-order chi connectivity index (χ0) is 16.3. The molecule has 0 fully saturated rings. The molecule has 1 atom stereocenters. The molecule has 7 heteroatoms. The molecule has 0 aliphatic carbocycles. The summed E-state index contributed by atoms with van der Waals surface area (Å²) in [6.07, 6.45) is 1.58. The lowest BCUT2D eigenvalue weighted by Gasteiger charge is -2.16. The van der Waals surface area contributed by atoms with E-state index in [1.165, 1.54) is 6.07 Å². The van der Waals surface area contributed by atoms with Gasteiger partial charge in [0, 0.05) is 12.1 Å². The molecule has 2 N–H and O–H groups in total. The van der Waals surface area contributed by atoms with E-state index in [0.717, 1.165) is 0 Å². The zero-order valence-electron chi connectivity index (χ0n) is 12.5. The Morgan fingerprint density at radius 2 is 2.09 bits per heavy atom. The third-order valence-corrected chi connectivity index (χ3v) is 4.65. The highest BCUT2D eigenvalue weighted by molar-refractivity contribution is 7.90. The van der Waals surface area contributed by atoms with Crippen LogP contribution < -0.4 is 10.0 Å². The number of hydrogen-bond acceptors (Lipinski definition) is 4. The smallest absolute Gasteiger partial charge is 0.263 e. The third kappa shape index (κ3) is 3.19. The Labute approximate surface area is 130 Å². The van der Waals surface area contributed by atoms with Crippen molar-refractivity contribution in [1.29, 1.82) is 0 Å². The highest BCUT2D eigenvalue weighted by Gasteiger charge is 2.32. The second kappa shape index (κ2) is 6.31. The van der Waals surface area contributed by atoms with Crippen LogP contribution >= 0.6 is 0 Å². The van der Waals surface area contributed by atoms with Crippen LogP contribution in [0.3, 0.4) is 0 Å². The van der Waals surface area contributed by atoms with Gasteiger partial charge in [0.15, 0.2) is 0 Å². The number of hydrogen-bond donors (Lipinski definition) is 2. The lowest BCUT2D eigenvalue weighted by atomic mass is 10.0. The predicted octanol–water partition coefficient (Wildman–Crippen LogP) is 1.05. The lowest BCUT2D eigenvalue weighted by Crippen LogP contribution is -2.38. The minimum atomic E-state index is -3.60. The first kappa shape index (κ1) is 16.2. The Hall–Kier alpha value is -2.15. The van der Waals surface area contributed by atoms with Crippen LogP contribution in [0.5, 0.6) is 0 Å². The summed E-state index contributed by atoms with van der Waals surface area (Å²) in [6, 6.07) is 5.90. The average Bonchev–Trinajstić information content (AvgIpc) is 2.73. The van der Waals surface area contributed by atoms with Crippen molar-refractivity contribution < 1.29 is 13.2 Å². The minimum absolute atomic E-state index is 0.0745. The highest BCUT2D eigenvalue weighted by Crippen LogP contribution is 2.23. The summed E-state index contributed by atoms with van der Waals surface area (Å²) >= 11 is 0. The number of nitrogens with zero attached hydrogens (tertiary/aromatic N) is 1. The van der Waals surface area contributed by atoms with E-state index in [1.807, 2.05) is 13.8 Å². The molecule has 118 valence electrons. The van der Waals surface area contributed by atoms with Crippen LogP contribution in [0.25, 0.3) is 0 Å². The highest BCUT2D eigenvalue weighted by atomic mass is 32.2. The van der Waals surface area contributed by atoms with Crippen molar-refractivity contribution >= 4 is 21.8 Å². The molecule has 0 unspecified atom stereocenters. The largest absolute Gasteiger partial charge is 0.351 e. The van der Waals surface area contributed by atoms with E-state index in [1.54, 1.807) is 24.3 Å². The quantitative estimate of drug-likeness (QED) is 0.795. The van der Waals surface area contributed by atoms with Crippen molar-refractivity contribution in [3.63, 3.8) is 0 Å². The Morgan fingerprint density at radius 1 is 1.41 bits per heavy atom. The van der Waals surface area contributed by atoms with Gasteiger partial charge in [0.05, 0.1) is 4.90 Å². The lowest BCUT2D eigenvalue weighted by molar-refractivity contribution is -0.122. The zero-order valence-corrected chi connectivity index (χ0v) is 13.4. The van der Waals surface area contributed by atoms with Crippen LogP contribution in [0, 0.1) is 5.92 Å². The first-order valence-electron chi connectivity index (χ1n) is 6.95. The van der Waals surface area contributed by atoms with Gasteiger partial charge in [-0.05, 0) is 18.1 Å². The van der Waals surface area contributed by atoms with Gasteiger partial charge in [-0.2, -0.15) is 0 Å². The van der Waals surface area contributed by atoms with Gasteiger partial charge in [0.25, 0.3) is 10.0 Å². The van der Waals surface area contributed by atoms with Gasteiger partial charge in [0.2, 0.25) is 5.91 Å². The fourth-order valence-electron chi connectivity index (χ4n) is 2.16. The Kier molecular flexibility index (Phi) is 4.65. The number of nitrogens with one attached hydrogen (secondary N) is 2. The molecule has 1 aliphatic heterocycles. The molecule has 0 saturated carbocycles. The van der Waals surface area contributed by atoms with E-state index in [4.69, 9.17) is 0 Å². The third-order valence-electron chi connectivity index (χ3n) is 3.25. The fourth-order valence-corrected chi connectivity index (χ4v) is 3.40. The van der Waals surface area contributed by atoms with E-state index in [-0.39, 0.29) is 22.6 Å². The number of amidine groups is 1. The van der Waals surface area contributed by atoms with Gasteiger partial charge in [-0.25, -0.2) is 8.42 Å². The Morgan fingerprint density at radius 3 is 2.73 bits per heavy atom. The minimum Gasteiger partial charge on any atom is -0.351 e. The van der Waals surface area contributed by atoms with Gasteiger partial charge >= 0.3 is 0 Å². The Balaban J connectivity index is 2.39. The molecule has 1 aromatic carbocycles. The Bertz CT molecular complexity index is 723. The van der Waals surface area contributed by atoms with E-state index in [2.05, 4.69) is 21.6 Å². The maximum absolute atomic E-state index is 12.2. The van der Waals surface area contributed by atoms with Crippen molar-refractivity contribution in [2.45, 2.75) is 24.8 Å². The number of carbonyl (C=O) groups excluding carboxylic acids is 1. The number of aliphatic imine (C=N–C) groups is 1. The number of fused-ring (bicyclic) bond motifs is 1. The molecule has 1 aliphatic rings. The van der Waals surface area contributed by atoms with E-state index in [0.29, 0.717) is 12.1 Å². The monoisotopic (exact) mass is 321 g/mol. The van der Waals surface area contributed by atoms with Crippen LogP contribution in [0.4, 0.5) is 0 Å². The number of rotatable bonds is 5. The summed E-state index contributed by atoms with van der Waals surface area (Å²) in [6.45, 7) is 7.61. The maximum Gasteiger partial charge on any atom is 0.263 e. The van der Waals surface area contributed by atoms with Crippen molar-refractivity contribution in [3.05, 3.63) is 42.5 Å². The van der Waals surface area contributed by atoms with Gasteiger partial charge in [0.1, 0.15) is 11.9 Å². The van der Waals surface area contributed by atoms with Crippen LogP contribution in [0.1, 0.15) is 19.4 Å².